The van der Waals surface area contributed by atoms with Crippen LogP contribution in [0.25, 0.3) is 45.6 Å². The first-order valence-electron chi connectivity index (χ1n) is 14.7. The molecule has 0 bridgehead atoms. The maximum Gasteiger partial charge on any atom is 0.0569 e. The van der Waals surface area contributed by atoms with Crippen LogP contribution in [0.3, 0.4) is 0 Å². The summed E-state index contributed by atoms with van der Waals surface area (Å²) < 4.78 is 0. The highest BCUT2D eigenvalue weighted by atomic mass is 15.2. The summed E-state index contributed by atoms with van der Waals surface area (Å²) in [5.74, 6) is 0. The molecule has 0 aromatic heterocycles. The van der Waals surface area contributed by atoms with E-state index < -0.39 is 0 Å². The van der Waals surface area contributed by atoms with Gasteiger partial charge in [0.25, 0.3) is 0 Å². The number of aliphatic imine (C=N–C) groups is 1. The van der Waals surface area contributed by atoms with E-state index in [1.54, 1.807) is 0 Å². The fraction of sp³-hybridized carbons (Fsp3) is 0.0976. The highest BCUT2D eigenvalue weighted by molar-refractivity contribution is 6.05. The molecule has 0 fully saturated rings. The number of rotatable bonds is 3. The van der Waals surface area contributed by atoms with Crippen LogP contribution in [0.4, 0.5) is 5.69 Å². The monoisotopic (exact) mass is 556 g/mol. The van der Waals surface area contributed by atoms with Crippen molar-refractivity contribution in [1.82, 2.24) is 0 Å². The Hall–Kier alpha value is -5.21. The molecule has 7 rings (SSSR count). The fourth-order valence-electron chi connectivity index (χ4n) is 6.53. The van der Waals surface area contributed by atoms with Crippen molar-refractivity contribution in [3.8, 4) is 22.3 Å². The van der Waals surface area contributed by atoms with E-state index in [4.69, 9.17) is 0 Å². The maximum atomic E-state index is 4.43. The summed E-state index contributed by atoms with van der Waals surface area (Å²) in [5, 5.41) is 0. The summed E-state index contributed by atoms with van der Waals surface area (Å²) >= 11 is 0. The van der Waals surface area contributed by atoms with Crippen molar-refractivity contribution in [3.63, 3.8) is 0 Å². The summed E-state index contributed by atoms with van der Waals surface area (Å²) in [4.78, 5) is 6.75. The second-order valence-electron chi connectivity index (χ2n) is 10.9. The smallest absolute Gasteiger partial charge is 0.0569 e. The van der Waals surface area contributed by atoms with Crippen LogP contribution in [0.15, 0.2) is 128 Å². The number of allylic oxidation sites excluding steroid dienone is 3. The molecule has 1 aliphatic heterocycles. The van der Waals surface area contributed by atoms with Crippen molar-refractivity contribution >= 4 is 35.2 Å². The summed E-state index contributed by atoms with van der Waals surface area (Å²) in [6.45, 7) is 22.5. The van der Waals surface area contributed by atoms with Gasteiger partial charge in [0.05, 0.1) is 6.54 Å². The van der Waals surface area contributed by atoms with Crippen molar-refractivity contribution in [2.75, 3.05) is 18.0 Å². The number of nitrogens with zero attached hydrogens (tertiary/aromatic N) is 2. The molecule has 210 valence electrons. The third-order valence-electron chi connectivity index (χ3n) is 8.59. The van der Waals surface area contributed by atoms with Crippen molar-refractivity contribution in [3.05, 3.63) is 162 Å². The third-order valence-corrected chi connectivity index (χ3v) is 8.59. The van der Waals surface area contributed by atoms with Gasteiger partial charge in [-0.3, -0.25) is 4.99 Å². The van der Waals surface area contributed by atoms with Gasteiger partial charge in [-0.1, -0.05) is 111 Å². The molecule has 0 unspecified atom stereocenters. The average molecular weight is 557 g/mol. The third kappa shape index (κ3) is 4.66. The number of benzene rings is 4. The lowest BCUT2D eigenvalue weighted by atomic mass is 9.95. The van der Waals surface area contributed by atoms with Crippen molar-refractivity contribution in [2.45, 2.75) is 13.8 Å². The Balaban J connectivity index is 0.000000167. The second-order valence-corrected chi connectivity index (χ2v) is 10.9. The van der Waals surface area contributed by atoms with Gasteiger partial charge in [0, 0.05) is 29.7 Å². The van der Waals surface area contributed by atoms with Crippen LogP contribution in [-0.2, 0) is 0 Å². The molecule has 2 heteroatoms. The van der Waals surface area contributed by atoms with Crippen LogP contribution in [0.5, 0.6) is 0 Å². The lowest BCUT2D eigenvalue weighted by Crippen LogP contribution is -2.26. The molecule has 2 nitrogen and oxygen atoms in total. The molecule has 3 aliphatic rings. The lowest BCUT2D eigenvalue weighted by molar-refractivity contribution is 0.891. The summed E-state index contributed by atoms with van der Waals surface area (Å²) in [5.41, 5.74) is 18.1. The van der Waals surface area contributed by atoms with Gasteiger partial charge in [-0.05, 0) is 98.8 Å². The Bertz CT molecular complexity index is 1910. The standard InChI is InChI=1S/C24H22N2.C17H14/c1-4-18-9-8-14-25-15-16-26(18)23-13-12-22-21-11-7-6-10-20(21)17(3)24(22)19(23)5-2;1-4-13-11(2)9-10-16-15-8-6-5-7-14(15)12(3)17(13)16/h4-14H,2-3,15-16H2,1H3;4-10H,1,3H2,2H3/b9-8-,18-4-,25-14?;. The highest BCUT2D eigenvalue weighted by Gasteiger charge is 2.27. The molecule has 2 aliphatic carbocycles. The van der Waals surface area contributed by atoms with E-state index in [1.807, 2.05) is 24.4 Å². The summed E-state index contributed by atoms with van der Waals surface area (Å²) in [7, 11) is 0. The molecule has 0 atom stereocenters. The van der Waals surface area contributed by atoms with Gasteiger partial charge in [0.1, 0.15) is 0 Å². The van der Waals surface area contributed by atoms with Crippen LogP contribution in [0, 0.1) is 6.92 Å². The molecule has 0 saturated heterocycles. The first-order valence-corrected chi connectivity index (χ1v) is 14.7. The zero-order valence-corrected chi connectivity index (χ0v) is 25.0. The van der Waals surface area contributed by atoms with Gasteiger partial charge in [-0.15, -0.1) is 0 Å². The predicted molar refractivity (Wildman–Crippen MR) is 189 cm³/mol. The predicted octanol–water partition coefficient (Wildman–Crippen LogP) is 10.4. The SMILES string of the molecule is C=Cc1c(C)ccc2c1C(=C)c1ccccc1-2.C=Cc1c(N2CCN=C/C=C\C2=C\C)ccc2c1C(=C)c1ccccc1-2. The van der Waals surface area contributed by atoms with Crippen molar-refractivity contribution < 1.29 is 0 Å². The zero-order chi connectivity index (χ0) is 30.1. The van der Waals surface area contributed by atoms with E-state index in [0.717, 1.165) is 35.5 Å². The zero-order valence-electron chi connectivity index (χ0n) is 25.0. The van der Waals surface area contributed by atoms with Gasteiger partial charge in [0.2, 0.25) is 0 Å². The van der Waals surface area contributed by atoms with Gasteiger partial charge in [-0.25, -0.2) is 0 Å². The van der Waals surface area contributed by atoms with Crippen LogP contribution in [0.2, 0.25) is 0 Å². The molecule has 1 heterocycles. The van der Waals surface area contributed by atoms with Crippen LogP contribution >= 0.6 is 0 Å². The van der Waals surface area contributed by atoms with Crippen molar-refractivity contribution in [1.29, 1.82) is 0 Å². The molecule has 0 radical (unpaired) electrons. The summed E-state index contributed by atoms with van der Waals surface area (Å²) in [6, 6.07) is 25.7. The molecule has 0 spiro atoms. The van der Waals surface area contributed by atoms with E-state index in [9.17, 15) is 0 Å². The Morgan fingerprint density at radius 3 is 1.84 bits per heavy atom. The highest BCUT2D eigenvalue weighted by Crippen LogP contribution is 2.48. The number of hydrogen-bond acceptors (Lipinski definition) is 2. The topological polar surface area (TPSA) is 15.6 Å². The Morgan fingerprint density at radius 2 is 1.26 bits per heavy atom. The molecule has 4 aromatic rings. The van der Waals surface area contributed by atoms with Gasteiger partial charge < -0.3 is 4.90 Å². The largest absolute Gasteiger partial charge is 0.339 e. The molecule has 4 aromatic carbocycles. The van der Waals surface area contributed by atoms with E-state index in [-0.39, 0.29) is 0 Å². The Kier molecular flexibility index (Phi) is 7.52. The van der Waals surface area contributed by atoms with Gasteiger partial charge in [0.15, 0.2) is 0 Å². The molecule has 0 saturated carbocycles. The first kappa shape index (κ1) is 27.9. The Morgan fingerprint density at radius 1 is 0.698 bits per heavy atom. The minimum absolute atomic E-state index is 0.760. The maximum absolute atomic E-state index is 4.43. The minimum Gasteiger partial charge on any atom is -0.339 e. The van der Waals surface area contributed by atoms with Crippen LogP contribution in [0.1, 0.15) is 45.9 Å². The second kappa shape index (κ2) is 11.6. The number of hydrogen-bond donors (Lipinski definition) is 0. The van der Waals surface area contributed by atoms with Gasteiger partial charge >= 0.3 is 0 Å². The summed E-state index contributed by atoms with van der Waals surface area (Å²) in [6.07, 6.45) is 12.0. The number of aryl methyl sites for hydroxylation is 1. The normalized spacial score (nSPS) is 15.9. The first-order chi connectivity index (χ1) is 21.0. The number of anilines is 1. The van der Waals surface area contributed by atoms with Gasteiger partial charge in [-0.2, -0.15) is 0 Å². The molecular weight excluding hydrogens is 520 g/mol. The fourth-order valence-corrected chi connectivity index (χ4v) is 6.53. The van der Waals surface area contributed by atoms with Crippen LogP contribution in [-0.4, -0.2) is 19.3 Å². The van der Waals surface area contributed by atoms with Crippen molar-refractivity contribution in [2.24, 2.45) is 4.99 Å². The van der Waals surface area contributed by atoms with E-state index >= 15 is 0 Å². The minimum atomic E-state index is 0.760. The molecule has 0 N–H and O–H groups in total. The molecule has 43 heavy (non-hydrogen) atoms. The van der Waals surface area contributed by atoms with E-state index in [1.165, 1.54) is 61.3 Å². The lowest BCUT2D eigenvalue weighted by Gasteiger charge is -2.29. The number of fused-ring (bicyclic) bond motifs is 6. The molecular formula is C41H36N2. The Labute approximate surface area is 255 Å². The van der Waals surface area contributed by atoms with E-state index in [2.05, 4.69) is 135 Å². The van der Waals surface area contributed by atoms with E-state index in [0.29, 0.717) is 0 Å². The quantitative estimate of drug-likeness (QED) is 0.212. The van der Waals surface area contributed by atoms with Crippen LogP contribution < -0.4 is 4.90 Å². The molecule has 0 amide bonds. The average Bonchev–Trinajstić information content (AvgIpc) is 3.48.